The molecule has 0 aliphatic heterocycles. The van der Waals surface area contributed by atoms with E-state index in [1.807, 2.05) is 38.0 Å². The van der Waals surface area contributed by atoms with Gasteiger partial charge in [0.05, 0.1) is 0 Å². The van der Waals surface area contributed by atoms with E-state index >= 15 is 0 Å². The molecule has 96 valence electrons. The molecule has 0 bridgehead atoms. The van der Waals surface area contributed by atoms with Crippen molar-refractivity contribution in [3.05, 3.63) is 22.4 Å². The zero-order valence-corrected chi connectivity index (χ0v) is 12.6. The molecule has 0 atom stereocenters. The number of amides is 1. The van der Waals surface area contributed by atoms with Gasteiger partial charge in [-0.2, -0.15) is 0 Å². The number of carbonyl (C=O) groups is 1. The van der Waals surface area contributed by atoms with Crippen molar-refractivity contribution in [1.29, 1.82) is 0 Å². The zero-order chi connectivity index (χ0) is 13.2. The van der Waals surface area contributed by atoms with Crippen molar-refractivity contribution in [2.45, 2.75) is 19.4 Å². The lowest BCUT2D eigenvalue weighted by atomic mass is 10.0. The van der Waals surface area contributed by atoms with Crippen molar-refractivity contribution >= 4 is 21.8 Å². The van der Waals surface area contributed by atoms with Crippen molar-refractivity contribution < 1.29 is 4.79 Å². The van der Waals surface area contributed by atoms with Gasteiger partial charge in [-0.3, -0.25) is 4.79 Å². The predicted molar refractivity (Wildman–Crippen MR) is 73.2 cm³/mol. The van der Waals surface area contributed by atoms with Crippen LogP contribution >= 0.6 is 15.9 Å². The molecule has 1 aromatic heterocycles. The monoisotopic (exact) mass is 301 g/mol. The first kappa shape index (κ1) is 14.3. The average molecular weight is 302 g/mol. The van der Waals surface area contributed by atoms with Gasteiger partial charge in [0, 0.05) is 29.8 Å². The third-order valence-corrected chi connectivity index (χ3v) is 3.53. The van der Waals surface area contributed by atoms with Crippen molar-refractivity contribution in [2.24, 2.45) is 7.05 Å². The minimum Gasteiger partial charge on any atom is -0.349 e. The summed E-state index contributed by atoms with van der Waals surface area (Å²) in [7, 11) is 5.87. The van der Waals surface area contributed by atoms with Crippen molar-refractivity contribution in [3.8, 4) is 0 Å². The minimum atomic E-state index is -0.0575. The molecule has 1 heterocycles. The van der Waals surface area contributed by atoms with Crippen LogP contribution in [0, 0.1) is 0 Å². The van der Waals surface area contributed by atoms with Gasteiger partial charge in [-0.1, -0.05) is 0 Å². The molecule has 1 N–H and O–H groups in total. The second kappa shape index (κ2) is 5.23. The number of likely N-dealkylation sites (N-methyl/N-ethyl adjacent to an activating group) is 1. The summed E-state index contributed by atoms with van der Waals surface area (Å²) in [6.07, 6.45) is 1.87. The summed E-state index contributed by atoms with van der Waals surface area (Å²) >= 11 is 3.36. The highest BCUT2D eigenvalue weighted by Crippen LogP contribution is 2.14. The second-order valence-corrected chi connectivity index (χ2v) is 5.96. The van der Waals surface area contributed by atoms with Gasteiger partial charge in [-0.25, -0.2) is 0 Å². The van der Waals surface area contributed by atoms with Crippen LogP contribution < -0.4 is 5.32 Å². The lowest BCUT2D eigenvalue weighted by Crippen LogP contribution is -2.48. The van der Waals surface area contributed by atoms with Crippen LogP contribution in [-0.2, 0) is 7.05 Å². The number of aromatic nitrogens is 1. The first-order valence-electron chi connectivity index (χ1n) is 5.51. The molecule has 0 aliphatic rings. The summed E-state index contributed by atoms with van der Waals surface area (Å²) in [4.78, 5) is 14.1. The largest absolute Gasteiger partial charge is 0.349 e. The van der Waals surface area contributed by atoms with Crippen LogP contribution in [0.3, 0.4) is 0 Å². The van der Waals surface area contributed by atoms with Crippen molar-refractivity contribution in [1.82, 2.24) is 14.8 Å². The molecule has 1 rings (SSSR count). The average Bonchev–Trinajstić information content (AvgIpc) is 2.54. The highest BCUT2D eigenvalue weighted by molar-refractivity contribution is 9.10. The van der Waals surface area contributed by atoms with E-state index < -0.39 is 0 Å². The molecule has 5 heteroatoms. The summed E-state index contributed by atoms with van der Waals surface area (Å²) in [6, 6.07) is 1.82. The molecule has 4 nitrogen and oxygen atoms in total. The molecule has 0 radical (unpaired) electrons. The van der Waals surface area contributed by atoms with Crippen LogP contribution in [0.1, 0.15) is 24.3 Å². The molecule has 1 aromatic rings. The lowest BCUT2D eigenvalue weighted by molar-refractivity contribution is 0.0911. The van der Waals surface area contributed by atoms with Crippen LogP contribution in [0.4, 0.5) is 0 Å². The quantitative estimate of drug-likeness (QED) is 0.922. The Bertz CT molecular complexity index is 410. The Morgan fingerprint density at radius 1 is 1.53 bits per heavy atom. The number of halogens is 1. The van der Waals surface area contributed by atoms with Crippen molar-refractivity contribution in [3.63, 3.8) is 0 Å². The van der Waals surface area contributed by atoms with E-state index in [9.17, 15) is 4.79 Å². The fourth-order valence-corrected chi connectivity index (χ4v) is 1.82. The maximum absolute atomic E-state index is 12.0. The number of nitrogens with one attached hydrogen (secondary N) is 1. The molecule has 0 saturated heterocycles. The molecule has 0 saturated carbocycles. The fraction of sp³-hybridized carbons (Fsp3) is 0.583. The Hall–Kier alpha value is -0.810. The maximum Gasteiger partial charge on any atom is 0.267 e. The van der Waals surface area contributed by atoms with Gasteiger partial charge in [0.1, 0.15) is 5.69 Å². The van der Waals surface area contributed by atoms with E-state index in [0.717, 1.165) is 4.47 Å². The van der Waals surface area contributed by atoms with E-state index in [1.165, 1.54) is 0 Å². The molecule has 0 fully saturated rings. The van der Waals surface area contributed by atoms with Crippen LogP contribution in [0.2, 0.25) is 0 Å². The van der Waals surface area contributed by atoms with E-state index in [4.69, 9.17) is 0 Å². The molecule has 0 aliphatic carbocycles. The predicted octanol–water partition coefficient (Wildman–Crippen LogP) is 1.86. The van der Waals surface area contributed by atoms with E-state index in [0.29, 0.717) is 12.2 Å². The summed E-state index contributed by atoms with van der Waals surface area (Å²) in [5.41, 5.74) is 0.601. The number of aryl methyl sites for hydroxylation is 1. The smallest absolute Gasteiger partial charge is 0.267 e. The molecule has 0 spiro atoms. The Labute approximate surface area is 111 Å². The Kier molecular flexibility index (Phi) is 4.38. The van der Waals surface area contributed by atoms with Crippen LogP contribution in [0.25, 0.3) is 0 Å². The van der Waals surface area contributed by atoms with Gasteiger partial charge in [0.15, 0.2) is 0 Å². The normalized spacial score (nSPS) is 11.9. The van der Waals surface area contributed by atoms with Gasteiger partial charge < -0.3 is 14.8 Å². The maximum atomic E-state index is 12.0. The van der Waals surface area contributed by atoms with Gasteiger partial charge in [0.25, 0.3) is 5.91 Å². The zero-order valence-electron chi connectivity index (χ0n) is 11.0. The van der Waals surface area contributed by atoms with Gasteiger partial charge in [0.2, 0.25) is 0 Å². The number of rotatable bonds is 4. The topological polar surface area (TPSA) is 37.3 Å². The minimum absolute atomic E-state index is 0.0480. The number of hydrogen-bond donors (Lipinski definition) is 1. The van der Waals surface area contributed by atoms with E-state index in [2.05, 4.69) is 40.0 Å². The summed E-state index contributed by atoms with van der Waals surface area (Å²) in [6.45, 7) is 4.80. The summed E-state index contributed by atoms with van der Waals surface area (Å²) in [5.74, 6) is -0.0480. The SMILES string of the molecule is CN(C)C(C)(C)CNC(=O)c1cc(Br)cn1C. The lowest BCUT2D eigenvalue weighted by Gasteiger charge is -2.32. The summed E-state index contributed by atoms with van der Waals surface area (Å²) < 4.78 is 2.72. The van der Waals surface area contributed by atoms with Crippen LogP contribution in [-0.4, -0.2) is 41.6 Å². The van der Waals surface area contributed by atoms with Gasteiger partial charge in [-0.15, -0.1) is 0 Å². The molecule has 0 aromatic carbocycles. The Balaban J connectivity index is 2.65. The number of nitrogens with zero attached hydrogens (tertiary/aromatic N) is 2. The molecule has 0 unspecified atom stereocenters. The van der Waals surface area contributed by atoms with E-state index in [-0.39, 0.29) is 11.4 Å². The van der Waals surface area contributed by atoms with Crippen LogP contribution in [0.15, 0.2) is 16.7 Å². The Morgan fingerprint density at radius 2 is 2.12 bits per heavy atom. The highest BCUT2D eigenvalue weighted by Gasteiger charge is 2.22. The first-order chi connectivity index (χ1) is 7.74. The standard InChI is InChI=1S/C12H20BrN3O/c1-12(2,15(3)4)8-14-11(17)10-6-9(13)7-16(10)5/h6-7H,8H2,1-5H3,(H,14,17). The third kappa shape index (κ3) is 3.57. The van der Waals surface area contributed by atoms with E-state index in [1.54, 1.807) is 0 Å². The van der Waals surface area contributed by atoms with Crippen molar-refractivity contribution in [2.75, 3.05) is 20.6 Å². The number of hydrogen-bond acceptors (Lipinski definition) is 2. The summed E-state index contributed by atoms with van der Waals surface area (Å²) in [5, 5.41) is 2.95. The first-order valence-corrected chi connectivity index (χ1v) is 6.31. The second-order valence-electron chi connectivity index (χ2n) is 5.04. The molecular weight excluding hydrogens is 282 g/mol. The number of carbonyl (C=O) groups excluding carboxylic acids is 1. The van der Waals surface area contributed by atoms with Gasteiger partial charge in [-0.05, 0) is 49.9 Å². The highest BCUT2D eigenvalue weighted by atomic mass is 79.9. The van der Waals surface area contributed by atoms with Gasteiger partial charge >= 0.3 is 0 Å². The molecular formula is C12H20BrN3O. The Morgan fingerprint density at radius 3 is 2.53 bits per heavy atom. The molecule has 1 amide bonds. The van der Waals surface area contributed by atoms with Crippen LogP contribution in [0.5, 0.6) is 0 Å². The third-order valence-electron chi connectivity index (χ3n) is 3.10. The fourth-order valence-electron chi connectivity index (χ4n) is 1.30. The molecule has 17 heavy (non-hydrogen) atoms.